The first-order valence-corrected chi connectivity index (χ1v) is 7.57. The van der Waals surface area contributed by atoms with Gasteiger partial charge in [0.25, 0.3) is 0 Å². The van der Waals surface area contributed by atoms with Crippen LogP contribution in [0.5, 0.6) is 0 Å². The lowest BCUT2D eigenvalue weighted by Crippen LogP contribution is -2.42. The third kappa shape index (κ3) is 2.16. The van der Waals surface area contributed by atoms with Crippen LogP contribution in [0.15, 0.2) is 10.5 Å². The Kier molecular flexibility index (Phi) is 3.09. The van der Waals surface area contributed by atoms with E-state index < -0.39 is 0 Å². The second-order valence-electron chi connectivity index (χ2n) is 5.41. The summed E-state index contributed by atoms with van der Waals surface area (Å²) in [6.45, 7) is 0. The first kappa shape index (κ1) is 12.1. The van der Waals surface area contributed by atoms with E-state index in [1.165, 1.54) is 23.3 Å². The molecule has 2 unspecified atom stereocenters. The molecule has 0 bridgehead atoms. The number of carbonyl (C=O) groups is 1. The minimum atomic E-state index is -0.0620. The van der Waals surface area contributed by atoms with Crippen molar-refractivity contribution in [3.8, 4) is 0 Å². The lowest BCUT2D eigenvalue weighted by atomic mass is 9.88. The zero-order valence-corrected chi connectivity index (χ0v) is 11.2. The molecule has 0 spiro atoms. The fraction of sp³-hybridized carbons (Fsp3) is 0.692. The Morgan fingerprint density at radius 1 is 1.33 bits per heavy atom. The maximum atomic E-state index is 11.9. The number of allylic oxidation sites excluding steroid dienone is 1. The topological polar surface area (TPSA) is 79.0 Å². The molecule has 0 radical (unpaired) electrons. The van der Waals surface area contributed by atoms with Crippen LogP contribution in [0.4, 0.5) is 0 Å². The Hall–Kier alpha value is -0.970. The van der Waals surface area contributed by atoms with Gasteiger partial charge in [0.05, 0.1) is 11.3 Å². The van der Waals surface area contributed by atoms with Crippen molar-refractivity contribution in [2.24, 2.45) is 17.6 Å². The van der Waals surface area contributed by atoms with Crippen LogP contribution in [0.3, 0.4) is 0 Å². The second-order valence-corrected chi connectivity index (χ2v) is 6.65. The molecule has 3 rings (SSSR count). The molecule has 98 valence electrons. The van der Waals surface area contributed by atoms with E-state index in [-0.39, 0.29) is 29.0 Å². The van der Waals surface area contributed by atoms with Crippen molar-refractivity contribution in [2.75, 3.05) is 0 Å². The molecule has 2 atom stereocenters. The Morgan fingerprint density at radius 3 is 2.72 bits per heavy atom. The van der Waals surface area contributed by atoms with E-state index >= 15 is 0 Å². The molecule has 0 saturated heterocycles. The molecule has 1 aliphatic heterocycles. The summed E-state index contributed by atoms with van der Waals surface area (Å²) in [6, 6.07) is 0. The van der Waals surface area contributed by atoms with Gasteiger partial charge in [0.1, 0.15) is 5.84 Å². The highest BCUT2D eigenvalue weighted by Crippen LogP contribution is 2.48. The molecule has 1 fully saturated rings. The number of nitrogens with one attached hydrogen (secondary N) is 2. The van der Waals surface area contributed by atoms with Gasteiger partial charge in [-0.2, -0.15) is 0 Å². The number of rotatable bonds is 3. The largest absolute Gasteiger partial charge is 0.387 e. The maximum Gasteiger partial charge on any atom is 0.224 e. The van der Waals surface area contributed by atoms with Gasteiger partial charge in [0, 0.05) is 5.92 Å². The Balaban J connectivity index is 1.75. The number of thioether (sulfide) groups is 1. The fourth-order valence-electron chi connectivity index (χ4n) is 2.84. The predicted molar refractivity (Wildman–Crippen MR) is 73.1 cm³/mol. The maximum absolute atomic E-state index is 11.9. The van der Waals surface area contributed by atoms with Gasteiger partial charge < -0.3 is 11.1 Å². The highest BCUT2D eigenvalue weighted by molar-refractivity contribution is 8.04. The third-order valence-electron chi connectivity index (χ3n) is 3.97. The molecule has 3 aliphatic rings. The van der Waals surface area contributed by atoms with Crippen LogP contribution < -0.4 is 11.1 Å². The number of carbonyl (C=O) groups excluding carboxylic acids is 1. The van der Waals surface area contributed by atoms with Crippen LogP contribution in [0.25, 0.3) is 0 Å². The van der Waals surface area contributed by atoms with E-state index in [1.807, 2.05) is 0 Å². The Morgan fingerprint density at radius 2 is 2.06 bits per heavy atom. The van der Waals surface area contributed by atoms with Crippen LogP contribution in [-0.4, -0.2) is 17.1 Å². The van der Waals surface area contributed by atoms with E-state index in [0.29, 0.717) is 0 Å². The van der Waals surface area contributed by atoms with Crippen molar-refractivity contribution in [1.82, 2.24) is 5.32 Å². The van der Waals surface area contributed by atoms with Crippen molar-refractivity contribution in [3.05, 3.63) is 10.5 Å². The molecule has 18 heavy (non-hydrogen) atoms. The summed E-state index contributed by atoms with van der Waals surface area (Å²) in [7, 11) is 0. The van der Waals surface area contributed by atoms with Gasteiger partial charge in [-0.25, -0.2) is 0 Å². The summed E-state index contributed by atoms with van der Waals surface area (Å²) >= 11 is 1.73. The van der Waals surface area contributed by atoms with Crippen molar-refractivity contribution in [2.45, 2.75) is 43.9 Å². The minimum absolute atomic E-state index is 0.0290. The molecule has 0 aromatic heterocycles. The van der Waals surface area contributed by atoms with Crippen LogP contribution >= 0.6 is 11.8 Å². The SMILES string of the molecule is N=C(N)C1C2=C(CCCC2)SC1NC(=O)C1CC1. The highest BCUT2D eigenvalue weighted by atomic mass is 32.2. The van der Waals surface area contributed by atoms with Crippen LogP contribution in [-0.2, 0) is 4.79 Å². The van der Waals surface area contributed by atoms with Crippen LogP contribution in [0.2, 0.25) is 0 Å². The molecule has 4 nitrogen and oxygen atoms in total. The van der Waals surface area contributed by atoms with Gasteiger partial charge in [0.2, 0.25) is 5.91 Å². The molecular weight excluding hydrogens is 246 g/mol. The molecular formula is C13H19N3OS. The monoisotopic (exact) mass is 265 g/mol. The standard InChI is InChI=1S/C13H19N3OS/c14-11(15)10-8-3-1-2-4-9(8)18-13(10)16-12(17)7-5-6-7/h7,10,13H,1-6H2,(H3,14,15)(H,16,17). The Labute approximate surface area is 111 Å². The first-order chi connectivity index (χ1) is 8.66. The third-order valence-corrected chi connectivity index (χ3v) is 5.37. The van der Waals surface area contributed by atoms with Gasteiger partial charge in [-0.15, -0.1) is 11.8 Å². The van der Waals surface area contributed by atoms with E-state index in [2.05, 4.69) is 5.32 Å². The molecule has 2 aliphatic carbocycles. The summed E-state index contributed by atoms with van der Waals surface area (Å²) in [6.07, 6.45) is 6.58. The molecule has 5 heteroatoms. The molecule has 1 saturated carbocycles. The lowest BCUT2D eigenvalue weighted by molar-refractivity contribution is -0.122. The normalized spacial score (nSPS) is 31.1. The number of hydrogen-bond donors (Lipinski definition) is 3. The fourth-order valence-corrected chi connectivity index (χ4v) is 4.41. The molecule has 1 heterocycles. The van der Waals surface area contributed by atoms with Crippen molar-refractivity contribution < 1.29 is 4.79 Å². The molecule has 0 aromatic carbocycles. The zero-order chi connectivity index (χ0) is 12.7. The van der Waals surface area contributed by atoms with Gasteiger partial charge in [0.15, 0.2) is 0 Å². The molecule has 4 N–H and O–H groups in total. The summed E-state index contributed by atoms with van der Waals surface area (Å²) in [5.41, 5.74) is 7.07. The summed E-state index contributed by atoms with van der Waals surface area (Å²) in [5.74, 6) is 0.512. The first-order valence-electron chi connectivity index (χ1n) is 6.69. The Bertz CT molecular complexity index is 428. The number of amides is 1. The average molecular weight is 265 g/mol. The van der Waals surface area contributed by atoms with Crippen molar-refractivity contribution in [3.63, 3.8) is 0 Å². The van der Waals surface area contributed by atoms with Crippen LogP contribution in [0, 0.1) is 17.2 Å². The van der Waals surface area contributed by atoms with Crippen LogP contribution in [0.1, 0.15) is 38.5 Å². The van der Waals surface area contributed by atoms with E-state index in [1.54, 1.807) is 11.8 Å². The van der Waals surface area contributed by atoms with E-state index in [9.17, 15) is 4.79 Å². The molecule has 0 aromatic rings. The highest BCUT2D eigenvalue weighted by Gasteiger charge is 2.41. The second kappa shape index (κ2) is 4.61. The van der Waals surface area contributed by atoms with Gasteiger partial charge in [-0.05, 0) is 49.0 Å². The summed E-state index contributed by atoms with van der Waals surface area (Å²) < 4.78 is 0. The number of hydrogen-bond acceptors (Lipinski definition) is 3. The number of amidine groups is 1. The summed E-state index contributed by atoms with van der Waals surface area (Å²) in [4.78, 5) is 13.3. The van der Waals surface area contributed by atoms with Crippen molar-refractivity contribution in [1.29, 1.82) is 5.41 Å². The van der Waals surface area contributed by atoms with Gasteiger partial charge in [-0.3, -0.25) is 10.2 Å². The van der Waals surface area contributed by atoms with Gasteiger partial charge >= 0.3 is 0 Å². The van der Waals surface area contributed by atoms with E-state index in [4.69, 9.17) is 11.1 Å². The lowest BCUT2D eigenvalue weighted by Gasteiger charge is -2.22. The smallest absolute Gasteiger partial charge is 0.224 e. The van der Waals surface area contributed by atoms with Crippen molar-refractivity contribution >= 4 is 23.5 Å². The zero-order valence-electron chi connectivity index (χ0n) is 10.4. The molecule has 1 amide bonds. The summed E-state index contributed by atoms with van der Waals surface area (Å²) in [5, 5.41) is 10.9. The quantitative estimate of drug-likeness (QED) is 0.539. The average Bonchev–Trinajstić information content (AvgIpc) is 3.10. The predicted octanol–water partition coefficient (Wildman–Crippen LogP) is 1.97. The van der Waals surface area contributed by atoms with Gasteiger partial charge in [-0.1, -0.05) is 0 Å². The van der Waals surface area contributed by atoms with E-state index in [0.717, 1.165) is 25.7 Å². The minimum Gasteiger partial charge on any atom is -0.387 e. The number of nitrogens with two attached hydrogens (primary N) is 1.